The van der Waals surface area contributed by atoms with E-state index in [0.717, 1.165) is 13.0 Å². The van der Waals surface area contributed by atoms with Crippen LogP contribution in [-0.4, -0.2) is 16.3 Å². The first-order valence-electron chi connectivity index (χ1n) is 7.67. The predicted molar refractivity (Wildman–Crippen MR) is 74.4 cm³/mol. The second kappa shape index (κ2) is 4.09. The largest absolute Gasteiger partial charge is 0.332 e. The van der Waals surface area contributed by atoms with Gasteiger partial charge in [-0.15, -0.1) is 0 Å². The lowest BCUT2D eigenvalue weighted by molar-refractivity contribution is -0.133. The Bertz CT molecular complexity index is 491. The average molecular weight is 255 g/mol. The van der Waals surface area contributed by atoms with E-state index < -0.39 is 0 Å². The molecule has 1 aliphatic heterocycles. The molecule has 4 rings (SSSR count). The second-order valence-electron chi connectivity index (χ2n) is 6.51. The summed E-state index contributed by atoms with van der Waals surface area (Å²) in [5.74, 6) is 1.46. The number of nitrogens with zero attached hydrogens (tertiary/aromatic N) is 1. The number of amides is 1. The van der Waals surface area contributed by atoms with Gasteiger partial charge in [0.05, 0.1) is 0 Å². The molecule has 0 unspecified atom stereocenters. The fourth-order valence-corrected chi connectivity index (χ4v) is 4.46. The fourth-order valence-electron chi connectivity index (χ4n) is 4.46. The third kappa shape index (κ3) is 1.65. The van der Waals surface area contributed by atoms with Crippen LogP contribution >= 0.6 is 0 Å². The molecular weight excluding hydrogens is 234 g/mol. The van der Waals surface area contributed by atoms with Crippen molar-refractivity contribution >= 4 is 5.91 Å². The summed E-state index contributed by atoms with van der Waals surface area (Å²) in [5.41, 5.74) is 1.54. The molecule has 2 atom stereocenters. The normalized spacial score (nSPS) is 31.6. The summed E-state index contributed by atoms with van der Waals surface area (Å²) in [6, 6.07) is 10.5. The van der Waals surface area contributed by atoms with Crippen LogP contribution in [0.3, 0.4) is 0 Å². The van der Waals surface area contributed by atoms with E-state index in [-0.39, 0.29) is 5.54 Å². The summed E-state index contributed by atoms with van der Waals surface area (Å²) in [5, 5.41) is 0. The van der Waals surface area contributed by atoms with E-state index in [1.165, 1.54) is 37.7 Å². The lowest BCUT2D eigenvalue weighted by Crippen LogP contribution is -2.36. The first-order chi connectivity index (χ1) is 9.31. The van der Waals surface area contributed by atoms with Crippen molar-refractivity contribution in [2.75, 3.05) is 0 Å². The van der Waals surface area contributed by atoms with Crippen molar-refractivity contribution in [1.82, 2.24) is 4.90 Å². The lowest BCUT2D eigenvalue weighted by Gasteiger charge is -2.30. The van der Waals surface area contributed by atoms with Crippen LogP contribution in [0.5, 0.6) is 0 Å². The van der Waals surface area contributed by atoms with E-state index in [0.29, 0.717) is 17.7 Å². The molecule has 0 bridgehead atoms. The number of hydrogen-bond donors (Lipinski definition) is 0. The van der Waals surface area contributed by atoms with Crippen LogP contribution in [0.15, 0.2) is 30.3 Å². The smallest absolute Gasteiger partial charge is 0.226 e. The maximum absolute atomic E-state index is 12.7. The molecule has 2 aliphatic carbocycles. The van der Waals surface area contributed by atoms with Crippen molar-refractivity contribution < 1.29 is 4.79 Å². The Morgan fingerprint density at radius 2 is 1.84 bits per heavy atom. The Hall–Kier alpha value is -1.31. The minimum Gasteiger partial charge on any atom is -0.332 e. The van der Waals surface area contributed by atoms with Gasteiger partial charge in [-0.3, -0.25) is 4.79 Å². The summed E-state index contributed by atoms with van der Waals surface area (Å²) < 4.78 is 0. The third-order valence-electron chi connectivity index (χ3n) is 5.52. The molecule has 1 spiro atoms. The molecule has 0 radical (unpaired) electrons. The summed E-state index contributed by atoms with van der Waals surface area (Å²) in [7, 11) is 0. The van der Waals surface area contributed by atoms with E-state index in [1.54, 1.807) is 0 Å². The molecule has 2 nitrogen and oxygen atoms in total. The molecule has 100 valence electrons. The van der Waals surface area contributed by atoms with Crippen molar-refractivity contribution in [3.8, 4) is 0 Å². The summed E-state index contributed by atoms with van der Waals surface area (Å²) >= 11 is 0. The highest BCUT2D eigenvalue weighted by molar-refractivity contribution is 5.84. The summed E-state index contributed by atoms with van der Waals surface area (Å²) in [4.78, 5) is 15.0. The molecule has 1 saturated heterocycles. The number of carbonyl (C=O) groups is 1. The van der Waals surface area contributed by atoms with Crippen molar-refractivity contribution in [3.05, 3.63) is 35.9 Å². The molecule has 19 heavy (non-hydrogen) atoms. The monoisotopic (exact) mass is 255 g/mol. The molecule has 1 aromatic rings. The van der Waals surface area contributed by atoms with Crippen LogP contribution in [0.2, 0.25) is 0 Å². The number of fused-ring (bicyclic) bond motifs is 2. The van der Waals surface area contributed by atoms with E-state index in [9.17, 15) is 4.79 Å². The zero-order chi connectivity index (χ0) is 12.9. The van der Waals surface area contributed by atoms with Crippen LogP contribution < -0.4 is 0 Å². The van der Waals surface area contributed by atoms with Crippen LogP contribution in [0.25, 0.3) is 0 Å². The van der Waals surface area contributed by atoms with Gasteiger partial charge < -0.3 is 4.90 Å². The maximum Gasteiger partial charge on any atom is 0.226 e. The average Bonchev–Trinajstić information content (AvgIpc) is 3.23. The molecule has 3 fully saturated rings. The van der Waals surface area contributed by atoms with Gasteiger partial charge in [0.1, 0.15) is 0 Å². The van der Waals surface area contributed by atoms with Crippen molar-refractivity contribution in [2.45, 2.75) is 50.6 Å². The summed E-state index contributed by atoms with van der Waals surface area (Å²) in [6.45, 7) is 0.826. The third-order valence-corrected chi connectivity index (χ3v) is 5.52. The van der Waals surface area contributed by atoms with Gasteiger partial charge >= 0.3 is 0 Å². The predicted octanol–water partition coefficient (Wildman–Crippen LogP) is 3.37. The fraction of sp³-hybridized carbons (Fsp3) is 0.588. The van der Waals surface area contributed by atoms with Crippen LogP contribution in [0.1, 0.15) is 44.1 Å². The Kier molecular flexibility index (Phi) is 2.48. The minimum atomic E-state index is 0.262. The van der Waals surface area contributed by atoms with Crippen molar-refractivity contribution in [1.29, 1.82) is 0 Å². The summed E-state index contributed by atoms with van der Waals surface area (Å²) in [6.07, 6.45) is 7.48. The number of benzene rings is 1. The molecule has 1 heterocycles. The number of hydrogen-bond acceptors (Lipinski definition) is 1. The van der Waals surface area contributed by atoms with Gasteiger partial charge in [-0.25, -0.2) is 0 Å². The van der Waals surface area contributed by atoms with Crippen LogP contribution in [0, 0.1) is 11.8 Å². The first-order valence-corrected chi connectivity index (χ1v) is 7.67. The van der Waals surface area contributed by atoms with Gasteiger partial charge in [0.15, 0.2) is 0 Å². The second-order valence-corrected chi connectivity index (χ2v) is 6.51. The highest BCUT2D eigenvalue weighted by atomic mass is 16.2. The molecule has 0 N–H and O–H groups in total. The number of rotatable bonds is 2. The van der Waals surface area contributed by atoms with Gasteiger partial charge in [-0.2, -0.15) is 0 Å². The number of carbonyl (C=O) groups excluding carboxylic acids is 1. The standard InChI is InChI=1S/C17H21NO/c19-16-14-8-4-5-9-15(14)17(10-11-17)18(16)12-13-6-2-1-3-7-13/h1-3,6-7,14-15H,4-5,8-12H2/t14-,15+/m1/s1. The molecule has 2 heteroatoms. The van der Waals surface area contributed by atoms with Gasteiger partial charge in [0.25, 0.3) is 0 Å². The van der Waals surface area contributed by atoms with Crippen LogP contribution in [-0.2, 0) is 11.3 Å². The molecule has 0 aromatic heterocycles. The highest BCUT2D eigenvalue weighted by Gasteiger charge is 2.64. The topological polar surface area (TPSA) is 20.3 Å². The maximum atomic E-state index is 12.7. The quantitative estimate of drug-likeness (QED) is 0.793. The van der Waals surface area contributed by atoms with Gasteiger partial charge in [0.2, 0.25) is 5.91 Å². The molecule has 2 saturated carbocycles. The minimum absolute atomic E-state index is 0.262. The van der Waals surface area contributed by atoms with E-state index in [2.05, 4.69) is 29.2 Å². The Morgan fingerprint density at radius 1 is 1.11 bits per heavy atom. The van der Waals surface area contributed by atoms with Gasteiger partial charge in [0, 0.05) is 18.0 Å². The molecular formula is C17H21NO. The molecule has 1 amide bonds. The van der Waals surface area contributed by atoms with E-state index in [1.807, 2.05) is 6.07 Å². The van der Waals surface area contributed by atoms with Crippen molar-refractivity contribution in [2.24, 2.45) is 11.8 Å². The first kappa shape index (κ1) is 11.5. The van der Waals surface area contributed by atoms with Crippen molar-refractivity contribution in [3.63, 3.8) is 0 Å². The molecule has 1 aromatic carbocycles. The highest BCUT2D eigenvalue weighted by Crippen LogP contribution is 2.60. The van der Waals surface area contributed by atoms with E-state index in [4.69, 9.17) is 0 Å². The molecule has 3 aliphatic rings. The zero-order valence-corrected chi connectivity index (χ0v) is 11.3. The Labute approximate surface area is 114 Å². The van der Waals surface area contributed by atoms with Crippen LogP contribution in [0.4, 0.5) is 0 Å². The number of likely N-dealkylation sites (tertiary alicyclic amines) is 1. The SMILES string of the molecule is O=C1[C@@H]2CCCC[C@@H]2C2(CC2)N1Cc1ccccc1. The van der Waals surface area contributed by atoms with Gasteiger partial charge in [-0.05, 0) is 37.2 Å². The van der Waals surface area contributed by atoms with E-state index >= 15 is 0 Å². The lowest BCUT2D eigenvalue weighted by atomic mass is 9.77. The Balaban J connectivity index is 1.63. The zero-order valence-electron chi connectivity index (χ0n) is 11.3. The Morgan fingerprint density at radius 3 is 2.58 bits per heavy atom. The van der Waals surface area contributed by atoms with Gasteiger partial charge in [-0.1, -0.05) is 43.2 Å².